The number of nitrogens with one attached hydrogen (secondary N) is 2. The molecule has 1 atom stereocenters. The molecule has 1 fully saturated rings. The van der Waals surface area contributed by atoms with Crippen LogP contribution in [0.4, 0.5) is 5.82 Å². The fraction of sp³-hybridized carbons (Fsp3) is 0.429. The lowest BCUT2D eigenvalue weighted by Gasteiger charge is -2.10. The summed E-state index contributed by atoms with van der Waals surface area (Å²) in [5, 5.41) is 3.04. The Kier molecular flexibility index (Phi) is 2.51. The van der Waals surface area contributed by atoms with Crippen LogP contribution in [-0.4, -0.2) is 27.9 Å². The van der Waals surface area contributed by atoms with Crippen LogP contribution in [0.2, 0.25) is 0 Å². The Morgan fingerprint density at radius 2 is 2.69 bits per heavy atom. The third-order valence-corrected chi connectivity index (χ3v) is 2.45. The molecule has 2 rings (SSSR count). The molecule has 0 spiro atoms. The first-order valence-corrected chi connectivity index (χ1v) is 5.01. The minimum atomic E-state index is -0.351. The van der Waals surface area contributed by atoms with E-state index >= 15 is 0 Å². The van der Waals surface area contributed by atoms with Crippen molar-refractivity contribution in [1.82, 2.24) is 9.97 Å². The highest BCUT2D eigenvalue weighted by atomic mass is 32.2. The maximum Gasteiger partial charge on any atom is 0.346 e. The van der Waals surface area contributed by atoms with E-state index in [1.807, 2.05) is 0 Å². The molecular formula is C7H9N3O2S. The third kappa shape index (κ3) is 2.22. The summed E-state index contributed by atoms with van der Waals surface area (Å²) in [7, 11) is 0. The van der Waals surface area contributed by atoms with Crippen LogP contribution in [0.15, 0.2) is 17.1 Å². The van der Waals surface area contributed by atoms with E-state index in [0.717, 1.165) is 5.75 Å². The van der Waals surface area contributed by atoms with E-state index in [4.69, 9.17) is 4.74 Å². The second-order valence-electron chi connectivity index (χ2n) is 2.58. The van der Waals surface area contributed by atoms with E-state index in [2.05, 4.69) is 15.3 Å². The van der Waals surface area contributed by atoms with Crippen molar-refractivity contribution in [3.8, 4) is 0 Å². The minimum Gasteiger partial charge on any atom is -0.347 e. The molecule has 2 N–H and O–H groups in total. The average molecular weight is 199 g/mol. The molecule has 13 heavy (non-hydrogen) atoms. The van der Waals surface area contributed by atoms with Crippen LogP contribution in [0.25, 0.3) is 0 Å². The van der Waals surface area contributed by atoms with Gasteiger partial charge in [0.25, 0.3) is 0 Å². The van der Waals surface area contributed by atoms with Gasteiger partial charge in [-0.15, -0.1) is 11.8 Å². The minimum absolute atomic E-state index is 0.0111. The van der Waals surface area contributed by atoms with Crippen molar-refractivity contribution in [3.05, 3.63) is 22.7 Å². The summed E-state index contributed by atoms with van der Waals surface area (Å²) in [5.74, 6) is 2.24. The highest BCUT2D eigenvalue weighted by molar-refractivity contribution is 7.99. The first-order valence-electron chi connectivity index (χ1n) is 3.86. The number of anilines is 1. The van der Waals surface area contributed by atoms with Gasteiger partial charge >= 0.3 is 5.69 Å². The van der Waals surface area contributed by atoms with Crippen LogP contribution in [0.3, 0.4) is 0 Å². The average Bonchev–Trinajstić information content (AvgIpc) is 2.57. The molecule has 0 aromatic carbocycles. The predicted octanol–water partition coefficient (Wildman–Crippen LogP) is 0.229. The molecule has 0 amide bonds. The van der Waals surface area contributed by atoms with Crippen molar-refractivity contribution in [2.75, 3.05) is 17.0 Å². The zero-order chi connectivity index (χ0) is 9.10. The molecule has 1 saturated heterocycles. The van der Waals surface area contributed by atoms with Crippen molar-refractivity contribution in [2.24, 2.45) is 0 Å². The van der Waals surface area contributed by atoms with Gasteiger partial charge in [0, 0.05) is 11.9 Å². The van der Waals surface area contributed by atoms with E-state index in [1.54, 1.807) is 17.8 Å². The zero-order valence-corrected chi connectivity index (χ0v) is 7.63. The van der Waals surface area contributed by atoms with E-state index in [1.165, 1.54) is 6.20 Å². The van der Waals surface area contributed by atoms with Crippen LogP contribution in [-0.2, 0) is 4.74 Å². The molecule has 6 heteroatoms. The molecule has 0 radical (unpaired) electrons. The summed E-state index contributed by atoms with van der Waals surface area (Å²) in [6.45, 7) is 0. The maximum absolute atomic E-state index is 10.8. The molecule has 70 valence electrons. The summed E-state index contributed by atoms with van der Waals surface area (Å²) in [5.41, 5.74) is -0.351. The third-order valence-electron chi connectivity index (χ3n) is 1.61. The first-order chi connectivity index (χ1) is 6.34. The van der Waals surface area contributed by atoms with E-state index < -0.39 is 0 Å². The summed E-state index contributed by atoms with van der Waals surface area (Å²) in [6.07, 6.45) is 1.45. The maximum atomic E-state index is 10.8. The number of nitrogens with zero attached hydrogens (tertiary/aromatic N) is 1. The lowest BCUT2D eigenvalue weighted by molar-refractivity contribution is 0.146. The van der Waals surface area contributed by atoms with Crippen LogP contribution >= 0.6 is 11.8 Å². The Labute approximate surface area is 78.9 Å². The summed E-state index contributed by atoms with van der Waals surface area (Å²) in [6, 6.07) is 1.70. The second kappa shape index (κ2) is 3.80. The number of hydrogen-bond donors (Lipinski definition) is 2. The highest BCUT2D eigenvalue weighted by Gasteiger charge is 2.15. The van der Waals surface area contributed by atoms with Gasteiger partial charge in [-0.05, 0) is 6.07 Å². The van der Waals surface area contributed by atoms with Crippen molar-refractivity contribution in [1.29, 1.82) is 0 Å². The van der Waals surface area contributed by atoms with E-state index in [9.17, 15) is 4.79 Å². The Hall–Kier alpha value is -1.01. The zero-order valence-electron chi connectivity index (χ0n) is 6.82. The van der Waals surface area contributed by atoms with Gasteiger partial charge in [-0.2, -0.15) is 0 Å². The van der Waals surface area contributed by atoms with Gasteiger partial charge < -0.3 is 10.1 Å². The van der Waals surface area contributed by atoms with Gasteiger partial charge in [-0.25, -0.2) is 9.78 Å². The van der Waals surface area contributed by atoms with Gasteiger partial charge in [0.2, 0.25) is 0 Å². The Balaban J connectivity index is 2.04. The monoisotopic (exact) mass is 199 g/mol. The SMILES string of the molecule is O=c1nccc(NC2CSCO2)[nH]1. The number of aromatic nitrogens is 2. The van der Waals surface area contributed by atoms with Crippen LogP contribution in [0.1, 0.15) is 0 Å². The largest absolute Gasteiger partial charge is 0.347 e. The number of hydrogen-bond acceptors (Lipinski definition) is 5. The normalized spacial score (nSPS) is 21.7. The molecule has 2 heterocycles. The smallest absolute Gasteiger partial charge is 0.346 e. The lowest BCUT2D eigenvalue weighted by Crippen LogP contribution is -2.23. The van der Waals surface area contributed by atoms with Gasteiger partial charge in [0.05, 0.1) is 5.94 Å². The molecule has 0 aliphatic carbocycles. The fourth-order valence-corrected chi connectivity index (χ4v) is 1.79. The van der Waals surface area contributed by atoms with Gasteiger partial charge in [0.15, 0.2) is 0 Å². The van der Waals surface area contributed by atoms with Crippen LogP contribution in [0.5, 0.6) is 0 Å². The summed E-state index contributed by atoms with van der Waals surface area (Å²) >= 11 is 1.71. The van der Waals surface area contributed by atoms with E-state index in [-0.39, 0.29) is 11.9 Å². The molecule has 1 aromatic heterocycles. The number of H-pyrrole nitrogens is 1. The molecule has 1 aromatic rings. The fourth-order valence-electron chi connectivity index (χ4n) is 1.04. The second-order valence-corrected chi connectivity index (χ2v) is 3.55. The van der Waals surface area contributed by atoms with Crippen molar-refractivity contribution in [3.63, 3.8) is 0 Å². The van der Waals surface area contributed by atoms with Crippen LogP contribution < -0.4 is 11.0 Å². The molecular weight excluding hydrogens is 190 g/mol. The topological polar surface area (TPSA) is 67.0 Å². The Bertz CT molecular complexity index is 335. The molecule has 1 aliphatic heterocycles. The summed E-state index contributed by atoms with van der Waals surface area (Å²) < 4.78 is 5.31. The quantitative estimate of drug-likeness (QED) is 0.713. The highest BCUT2D eigenvalue weighted by Crippen LogP contribution is 2.16. The number of rotatable bonds is 2. The Morgan fingerprint density at radius 3 is 3.38 bits per heavy atom. The number of aromatic amines is 1. The lowest BCUT2D eigenvalue weighted by atomic mass is 10.5. The van der Waals surface area contributed by atoms with Crippen molar-refractivity contribution >= 4 is 17.6 Å². The number of thioether (sulfide) groups is 1. The van der Waals surface area contributed by atoms with Gasteiger partial charge in [-0.1, -0.05) is 0 Å². The standard InChI is InChI=1S/C7H9N3O2S/c11-7-8-2-1-5(10-7)9-6-3-13-4-12-6/h1-2,6H,3-4H2,(H2,8,9,10,11). The van der Waals surface area contributed by atoms with Crippen molar-refractivity contribution in [2.45, 2.75) is 6.23 Å². The number of ether oxygens (including phenoxy) is 1. The molecule has 1 aliphatic rings. The molecule has 0 saturated carbocycles. The molecule has 5 nitrogen and oxygen atoms in total. The molecule has 1 unspecified atom stereocenters. The molecule has 0 bridgehead atoms. The first kappa shape index (κ1) is 8.58. The predicted molar refractivity (Wildman–Crippen MR) is 50.7 cm³/mol. The Morgan fingerprint density at radius 1 is 1.77 bits per heavy atom. The van der Waals surface area contributed by atoms with Gasteiger partial charge in [0.1, 0.15) is 12.0 Å². The van der Waals surface area contributed by atoms with Gasteiger partial charge in [-0.3, -0.25) is 4.98 Å². The van der Waals surface area contributed by atoms with Crippen molar-refractivity contribution < 1.29 is 4.74 Å². The van der Waals surface area contributed by atoms with E-state index in [0.29, 0.717) is 11.8 Å². The van der Waals surface area contributed by atoms with Crippen LogP contribution in [0, 0.1) is 0 Å². The summed E-state index contributed by atoms with van der Waals surface area (Å²) in [4.78, 5) is 16.9.